The number of rotatable bonds is 6. The number of hydrogen-bond acceptors (Lipinski definition) is 1. The van der Waals surface area contributed by atoms with E-state index < -0.39 is 0 Å². The van der Waals surface area contributed by atoms with Gasteiger partial charge in [-0.05, 0) is 75.0 Å². The molecule has 0 atom stereocenters. The molecule has 0 amide bonds. The van der Waals surface area contributed by atoms with Gasteiger partial charge >= 0.3 is 0 Å². The first-order valence-corrected chi connectivity index (χ1v) is 9.49. The van der Waals surface area contributed by atoms with E-state index in [2.05, 4.69) is 25.6 Å². The maximum Gasteiger partial charge on any atom is 0.0908 e. The Hall–Kier alpha value is -1.03. The maximum absolute atomic E-state index is 8.63. The molecule has 2 fully saturated rings. The first kappa shape index (κ1) is 17.3. The largest absolute Gasteiger partial charge is 0.193 e. The van der Waals surface area contributed by atoms with Crippen molar-refractivity contribution in [1.29, 1.82) is 5.26 Å². The highest BCUT2D eigenvalue weighted by Gasteiger charge is 2.28. The van der Waals surface area contributed by atoms with Crippen LogP contribution in [0.4, 0.5) is 0 Å². The lowest BCUT2D eigenvalue weighted by molar-refractivity contribution is 0.253. The van der Waals surface area contributed by atoms with E-state index in [-0.39, 0.29) is 0 Å². The summed E-state index contributed by atoms with van der Waals surface area (Å²) >= 11 is 0. The zero-order valence-corrected chi connectivity index (χ0v) is 14.4. The van der Waals surface area contributed by atoms with Crippen LogP contribution in [0.5, 0.6) is 0 Å². The van der Waals surface area contributed by atoms with Crippen LogP contribution in [0, 0.1) is 35.0 Å². The van der Waals surface area contributed by atoms with Gasteiger partial charge in [0, 0.05) is 6.08 Å². The van der Waals surface area contributed by atoms with Crippen molar-refractivity contribution in [2.75, 3.05) is 0 Å². The zero-order chi connectivity index (χ0) is 15.8. The third-order valence-corrected chi connectivity index (χ3v) is 6.08. The summed E-state index contributed by atoms with van der Waals surface area (Å²) in [5, 5.41) is 8.63. The van der Waals surface area contributed by atoms with E-state index >= 15 is 0 Å². The van der Waals surface area contributed by atoms with E-state index in [1.807, 2.05) is 0 Å². The highest BCUT2D eigenvalue weighted by Crippen LogP contribution is 2.42. The molecule has 0 aromatic rings. The molecule has 0 spiro atoms. The molecule has 0 radical (unpaired) electrons. The molecule has 0 aromatic heterocycles. The minimum absolute atomic E-state index is 0.633. The average molecular weight is 300 g/mol. The van der Waals surface area contributed by atoms with Gasteiger partial charge in [0.1, 0.15) is 0 Å². The second-order valence-electron chi connectivity index (χ2n) is 7.53. The molecule has 0 saturated heterocycles. The summed E-state index contributed by atoms with van der Waals surface area (Å²) in [5.41, 5.74) is 1.57. The Morgan fingerprint density at radius 3 is 2.18 bits per heavy atom. The van der Waals surface area contributed by atoms with Gasteiger partial charge < -0.3 is 0 Å². The molecule has 0 bridgehead atoms. The van der Waals surface area contributed by atoms with E-state index in [9.17, 15) is 0 Å². The lowest BCUT2D eigenvalue weighted by Crippen LogP contribution is -2.22. The summed E-state index contributed by atoms with van der Waals surface area (Å²) in [5.74, 6) is 3.18. The predicted molar refractivity (Wildman–Crippen MR) is 94.3 cm³/mol. The van der Waals surface area contributed by atoms with Crippen molar-refractivity contribution in [3.8, 4) is 6.07 Å². The van der Waals surface area contributed by atoms with Crippen molar-refractivity contribution >= 4 is 0 Å². The van der Waals surface area contributed by atoms with E-state index in [0.29, 0.717) is 5.92 Å². The van der Waals surface area contributed by atoms with E-state index in [1.54, 1.807) is 11.6 Å². The van der Waals surface area contributed by atoms with E-state index in [0.717, 1.165) is 17.8 Å². The summed E-state index contributed by atoms with van der Waals surface area (Å²) in [4.78, 5) is 0. The third kappa shape index (κ3) is 5.01. The monoisotopic (exact) mass is 299 g/mol. The van der Waals surface area contributed by atoms with Crippen LogP contribution in [0.25, 0.3) is 0 Å². The predicted octanol–water partition coefficient (Wildman–Crippen LogP) is 6.43. The Balaban J connectivity index is 1.72. The van der Waals surface area contributed by atoms with Crippen LogP contribution < -0.4 is 0 Å². The molecule has 0 aromatic carbocycles. The number of nitriles is 1. The van der Waals surface area contributed by atoms with Crippen molar-refractivity contribution in [2.45, 2.75) is 77.6 Å². The van der Waals surface area contributed by atoms with Gasteiger partial charge in [-0.1, -0.05) is 44.4 Å². The molecule has 22 heavy (non-hydrogen) atoms. The minimum atomic E-state index is 0.633. The van der Waals surface area contributed by atoms with Gasteiger partial charge in [0.05, 0.1) is 6.07 Å². The Labute approximate surface area is 137 Å². The second-order valence-corrected chi connectivity index (χ2v) is 7.53. The van der Waals surface area contributed by atoms with Crippen molar-refractivity contribution in [2.24, 2.45) is 23.7 Å². The Kier molecular flexibility index (Phi) is 7.23. The fourth-order valence-electron chi connectivity index (χ4n) is 4.51. The molecule has 122 valence electrons. The molecular weight excluding hydrogens is 266 g/mol. The molecule has 2 saturated carbocycles. The molecule has 0 N–H and O–H groups in total. The van der Waals surface area contributed by atoms with E-state index in [4.69, 9.17) is 5.26 Å². The number of unbranched alkanes of at least 4 members (excludes halogenated alkanes) is 1. The standard InChI is InChI=1S/C21H33N/c1-3-4-6-18-8-12-20(13-9-18)17(2)21-14-10-19(11-15-21)7-5-16-22/h5,7,18-21H,2-4,6,8-15H2,1H3. The number of hydrogen-bond donors (Lipinski definition) is 0. The summed E-state index contributed by atoms with van der Waals surface area (Å²) in [6, 6.07) is 2.12. The molecule has 1 heteroatoms. The van der Waals surface area contributed by atoms with Gasteiger partial charge in [-0.3, -0.25) is 0 Å². The molecule has 0 unspecified atom stereocenters. The van der Waals surface area contributed by atoms with Gasteiger partial charge in [0.15, 0.2) is 0 Å². The topological polar surface area (TPSA) is 23.8 Å². The number of nitrogens with zero attached hydrogens (tertiary/aromatic N) is 1. The average Bonchev–Trinajstić information content (AvgIpc) is 2.58. The summed E-state index contributed by atoms with van der Waals surface area (Å²) < 4.78 is 0. The third-order valence-electron chi connectivity index (χ3n) is 6.08. The Bertz CT molecular complexity index is 398. The van der Waals surface area contributed by atoms with Crippen molar-refractivity contribution in [3.63, 3.8) is 0 Å². The van der Waals surface area contributed by atoms with Gasteiger partial charge in [0.25, 0.3) is 0 Å². The lowest BCUT2D eigenvalue weighted by Gasteiger charge is -2.35. The first-order valence-electron chi connectivity index (χ1n) is 9.49. The highest BCUT2D eigenvalue weighted by molar-refractivity contribution is 5.10. The van der Waals surface area contributed by atoms with Crippen LogP contribution >= 0.6 is 0 Å². The van der Waals surface area contributed by atoms with Crippen molar-refractivity contribution in [3.05, 3.63) is 24.3 Å². The fourth-order valence-corrected chi connectivity index (χ4v) is 4.51. The highest BCUT2D eigenvalue weighted by atomic mass is 14.3. The number of allylic oxidation sites excluding steroid dienone is 3. The molecule has 2 rings (SSSR count). The fraction of sp³-hybridized carbons (Fsp3) is 0.762. The first-order chi connectivity index (χ1) is 10.7. The van der Waals surface area contributed by atoms with Gasteiger partial charge in [0.2, 0.25) is 0 Å². The molecule has 2 aliphatic carbocycles. The molecular formula is C21H33N. The van der Waals surface area contributed by atoms with Crippen LogP contribution in [0.3, 0.4) is 0 Å². The van der Waals surface area contributed by atoms with Crippen molar-refractivity contribution in [1.82, 2.24) is 0 Å². The molecule has 0 heterocycles. The van der Waals surface area contributed by atoms with Crippen LogP contribution in [0.15, 0.2) is 24.3 Å². The summed E-state index contributed by atoms with van der Waals surface area (Å²) in [6.45, 7) is 6.81. The van der Waals surface area contributed by atoms with Gasteiger partial charge in [-0.15, -0.1) is 0 Å². The maximum atomic E-state index is 8.63. The Morgan fingerprint density at radius 2 is 1.64 bits per heavy atom. The van der Waals surface area contributed by atoms with Gasteiger partial charge in [-0.2, -0.15) is 5.26 Å². The molecule has 1 nitrogen and oxygen atoms in total. The minimum Gasteiger partial charge on any atom is -0.193 e. The smallest absolute Gasteiger partial charge is 0.0908 e. The lowest BCUT2D eigenvalue weighted by atomic mass is 9.70. The zero-order valence-electron chi connectivity index (χ0n) is 14.4. The van der Waals surface area contributed by atoms with Crippen LogP contribution in [-0.4, -0.2) is 0 Å². The summed E-state index contributed by atoms with van der Waals surface area (Å²) in [6.07, 6.45) is 18.7. The SMILES string of the molecule is C=C(C1CCC(C=CC#N)CC1)C1CCC(CCCC)CC1. The van der Waals surface area contributed by atoms with E-state index in [1.165, 1.54) is 70.6 Å². The normalized spacial score (nSPS) is 32.7. The second kappa shape index (κ2) is 9.19. The Morgan fingerprint density at radius 1 is 1.05 bits per heavy atom. The summed E-state index contributed by atoms with van der Waals surface area (Å²) in [7, 11) is 0. The quantitative estimate of drug-likeness (QED) is 0.410. The van der Waals surface area contributed by atoms with Crippen LogP contribution in [-0.2, 0) is 0 Å². The van der Waals surface area contributed by atoms with Crippen LogP contribution in [0.2, 0.25) is 0 Å². The van der Waals surface area contributed by atoms with Gasteiger partial charge in [-0.25, -0.2) is 0 Å². The van der Waals surface area contributed by atoms with Crippen LogP contribution in [0.1, 0.15) is 77.6 Å². The molecule has 2 aliphatic rings. The van der Waals surface area contributed by atoms with Crippen molar-refractivity contribution < 1.29 is 0 Å². The molecule has 0 aliphatic heterocycles.